The van der Waals surface area contributed by atoms with Crippen molar-refractivity contribution in [2.75, 3.05) is 13.1 Å². The number of ether oxygens (including phenoxy) is 1. The van der Waals surface area contributed by atoms with Crippen LogP contribution in [0.3, 0.4) is 0 Å². The Balaban J connectivity index is 0.00000208. The predicted molar refractivity (Wildman–Crippen MR) is 98.9 cm³/mol. The Morgan fingerprint density at radius 2 is 1.96 bits per heavy atom. The molecule has 134 valence electrons. The number of halogens is 1. The van der Waals surface area contributed by atoms with Crippen LogP contribution < -0.4 is 10.5 Å². The fourth-order valence-corrected chi connectivity index (χ4v) is 3.86. The molecule has 1 aliphatic carbocycles. The number of carbonyl (C=O) groups excluding carboxylic acids is 1. The maximum Gasteiger partial charge on any atom is 0.257 e. The first-order chi connectivity index (χ1) is 11.2. The Bertz CT molecular complexity index is 546. The van der Waals surface area contributed by atoms with Gasteiger partial charge < -0.3 is 15.4 Å². The maximum absolute atomic E-state index is 13.0. The van der Waals surface area contributed by atoms with Crippen LogP contribution in [0, 0.1) is 5.92 Å². The van der Waals surface area contributed by atoms with Gasteiger partial charge in [-0.1, -0.05) is 18.6 Å². The first kappa shape index (κ1) is 19.1. The number of benzene rings is 1. The van der Waals surface area contributed by atoms with Crippen LogP contribution in [0.25, 0.3) is 0 Å². The summed E-state index contributed by atoms with van der Waals surface area (Å²) >= 11 is 0. The number of hydrogen-bond donors (Lipinski definition) is 1. The van der Waals surface area contributed by atoms with Crippen LogP contribution in [-0.2, 0) is 0 Å². The minimum absolute atomic E-state index is 0. The summed E-state index contributed by atoms with van der Waals surface area (Å²) in [6.45, 7) is 3.51. The Morgan fingerprint density at radius 3 is 2.62 bits per heavy atom. The SMILES string of the molecule is CC1CC(CN)CN1C(=O)c1ccccc1OC1CCCCC1.Cl. The summed E-state index contributed by atoms with van der Waals surface area (Å²) in [4.78, 5) is 14.9. The fourth-order valence-electron chi connectivity index (χ4n) is 3.86. The molecule has 2 fully saturated rings. The minimum atomic E-state index is 0. The van der Waals surface area contributed by atoms with E-state index in [9.17, 15) is 4.79 Å². The van der Waals surface area contributed by atoms with Crippen molar-refractivity contribution in [3.8, 4) is 5.75 Å². The number of amides is 1. The molecular formula is C19H29ClN2O2. The van der Waals surface area contributed by atoms with Gasteiger partial charge in [0.15, 0.2) is 0 Å². The van der Waals surface area contributed by atoms with Gasteiger partial charge in [0.25, 0.3) is 5.91 Å². The van der Waals surface area contributed by atoms with Crippen molar-refractivity contribution < 1.29 is 9.53 Å². The van der Waals surface area contributed by atoms with Gasteiger partial charge in [-0.3, -0.25) is 4.79 Å². The zero-order valence-electron chi connectivity index (χ0n) is 14.4. The second-order valence-corrected chi connectivity index (χ2v) is 7.02. The molecule has 24 heavy (non-hydrogen) atoms. The Kier molecular flexibility index (Phi) is 6.93. The highest BCUT2D eigenvalue weighted by molar-refractivity contribution is 5.97. The van der Waals surface area contributed by atoms with Crippen LogP contribution in [-0.4, -0.2) is 36.0 Å². The summed E-state index contributed by atoms with van der Waals surface area (Å²) in [6.07, 6.45) is 7.19. The van der Waals surface area contributed by atoms with Crippen molar-refractivity contribution >= 4 is 18.3 Å². The first-order valence-corrected chi connectivity index (χ1v) is 8.95. The van der Waals surface area contributed by atoms with Crippen molar-refractivity contribution in [3.05, 3.63) is 29.8 Å². The minimum Gasteiger partial charge on any atom is -0.490 e. The van der Waals surface area contributed by atoms with E-state index in [0.717, 1.165) is 31.6 Å². The molecular weight excluding hydrogens is 324 g/mol. The summed E-state index contributed by atoms with van der Waals surface area (Å²) < 4.78 is 6.18. The lowest BCUT2D eigenvalue weighted by Crippen LogP contribution is -2.35. The Hall–Kier alpha value is -1.26. The largest absolute Gasteiger partial charge is 0.490 e. The smallest absolute Gasteiger partial charge is 0.257 e. The molecule has 3 rings (SSSR count). The van der Waals surface area contributed by atoms with E-state index in [0.29, 0.717) is 18.0 Å². The molecule has 0 radical (unpaired) electrons. The van der Waals surface area contributed by atoms with Gasteiger partial charge in [0.2, 0.25) is 0 Å². The third kappa shape index (κ3) is 4.22. The highest BCUT2D eigenvalue weighted by atomic mass is 35.5. The van der Waals surface area contributed by atoms with E-state index in [4.69, 9.17) is 10.5 Å². The molecule has 2 N–H and O–H groups in total. The summed E-state index contributed by atoms with van der Waals surface area (Å²) in [6, 6.07) is 7.94. The molecule has 1 aromatic rings. The van der Waals surface area contributed by atoms with Gasteiger partial charge in [-0.25, -0.2) is 0 Å². The third-order valence-electron chi connectivity index (χ3n) is 5.22. The van der Waals surface area contributed by atoms with E-state index in [2.05, 4.69) is 6.92 Å². The number of rotatable bonds is 4. The molecule has 1 heterocycles. The molecule has 1 aromatic carbocycles. The molecule has 1 aliphatic heterocycles. The number of para-hydroxylation sites is 1. The number of nitrogens with zero attached hydrogens (tertiary/aromatic N) is 1. The fraction of sp³-hybridized carbons (Fsp3) is 0.632. The van der Waals surface area contributed by atoms with Gasteiger partial charge in [-0.15, -0.1) is 12.4 Å². The van der Waals surface area contributed by atoms with E-state index in [-0.39, 0.29) is 30.5 Å². The molecule has 2 atom stereocenters. The topological polar surface area (TPSA) is 55.6 Å². The first-order valence-electron chi connectivity index (χ1n) is 8.95. The van der Waals surface area contributed by atoms with Crippen LogP contribution in [0.5, 0.6) is 5.75 Å². The lowest BCUT2D eigenvalue weighted by molar-refractivity contribution is 0.0732. The van der Waals surface area contributed by atoms with E-state index in [1.807, 2.05) is 29.2 Å². The highest BCUT2D eigenvalue weighted by Crippen LogP contribution is 2.30. The predicted octanol–water partition coefficient (Wildman–Crippen LogP) is 3.63. The van der Waals surface area contributed by atoms with Crippen LogP contribution in [0.15, 0.2) is 24.3 Å². The lowest BCUT2D eigenvalue weighted by atomic mass is 9.97. The molecule has 5 heteroatoms. The second kappa shape index (κ2) is 8.72. The van der Waals surface area contributed by atoms with Gasteiger partial charge in [-0.2, -0.15) is 0 Å². The van der Waals surface area contributed by atoms with E-state index < -0.39 is 0 Å². The van der Waals surface area contributed by atoms with Crippen molar-refractivity contribution in [1.29, 1.82) is 0 Å². The zero-order chi connectivity index (χ0) is 16.2. The molecule has 1 saturated heterocycles. The highest BCUT2D eigenvalue weighted by Gasteiger charge is 2.33. The van der Waals surface area contributed by atoms with E-state index in [1.54, 1.807) is 0 Å². The maximum atomic E-state index is 13.0. The third-order valence-corrected chi connectivity index (χ3v) is 5.22. The number of hydrogen-bond acceptors (Lipinski definition) is 3. The molecule has 1 amide bonds. The normalized spacial score (nSPS) is 24.5. The van der Waals surface area contributed by atoms with Crippen molar-refractivity contribution in [3.63, 3.8) is 0 Å². The zero-order valence-corrected chi connectivity index (χ0v) is 15.3. The molecule has 0 spiro atoms. The van der Waals surface area contributed by atoms with Gasteiger partial charge >= 0.3 is 0 Å². The molecule has 1 saturated carbocycles. The molecule has 0 aromatic heterocycles. The van der Waals surface area contributed by atoms with Gasteiger partial charge in [0.05, 0.1) is 11.7 Å². The number of nitrogens with two attached hydrogens (primary N) is 1. The summed E-state index contributed by atoms with van der Waals surface area (Å²) in [7, 11) is 0. The second-order valence-electron chi connectivity index (χ2n) is 7.02. The van der Waals surface area contributed by atoms with Crippen LogP contribution in [0.2, 0.25) is 0 Å². The Morgan fingerprint density at radius 1 is 1.25 bits per heavy atom. The van der Waals surface area contributed by atoms with E-state index in [1.165, 1.54) is 19.3 Å². The monoisotopic (exact) mass is 352 g/mol. The molecule has 2 aliphatic rings. The van der Waals surface area contributed by atoms with Crippen LogP contribution in [0.1, 0.15) is 55.8 Å². The average molecular weight is 353 g/mol. The molecule has 2 unspecified atom stereocenters. The van der Waals surface area contributed by atoms with Crippen molar-refractivity contribution in [2.24, 2.45) is 11.7 Å². The molecule has 0 bridgehead atoms. The summed E-state index contributed by atoms with van der Waals surface area (Å²) in [5.74, 6) is 1.24. The molecule has 4 nitrogen and oxygen atoms in total. The van der Waals surface area contributed by atoms with Crippen LogP contribution in [0.4, 0.5) is 0 Å². The van der Waals surface area contributed by atoms with Crippen molar-refractivity contribution in [1.82, 2.24) is 4.90 Å². The number of carbonyl (C=O) groups is 1. The quantitative estimate of drug-likeness (QED) is 0.900. The van der Waals surface area contributed by atoms with E-state index >= 15 is 0 Å². The van der Waals surface area contributed by atoms with Gasteiger partial charge in [-0.05, 0) is 63.6 Å². The van der Waals surface area contributed by atoms with Crippen molar-refractivity contribution in [2.45, 2.75) is 57.6 Å². The van der Waals surface area contributed by atoms with Crippen LogP contribution >= 0.6 is 12.4 Å². The lowest BCUT2D eigenvalue weighted by Gasteiger charge is -2.26. The van der Waals surface area contributed by atoms with Gasteiger partial charge in [0.1, 0.15) is 5.75 Å². The van der Waals surface area contributed by atoms with Gasteiger partial charge in [0, 0.05) is 12.6 Å². The summed E-state index contributed by atoms with van der Waals surface area (Å²) in [5.41, 5.74) is 6.48. The Labute approximate surface area is 151 Å². The summed E-state index contributed by atoms with van der Waals surface area (Å²) in [5, 5.41) is 0. The number of likely N-dealkylation sites (tertiary alicyclic amines) is 1. The average Bonchev–Trinajstić information content (AvgIpc) is 2.97. The standard InChI is InChI=1S/C19H28N2O2.ClH/c1-14-11-15(12-20)13-21(14)19(22)17-9-5-6-10-18(17)23-16-7-3-2-4-8-16;/h5-6,9-10,14-16H,2-4,7-8,11-13,20H2,1H3;1H.